The van der Waals surface area contributed by atoms with Crippen LogP contribution in [0.3, 0.4) is 0 Å². The van der Waals surface area contributed by atoms with Gasteiger partial charge in [-0.3, -0.25) is 0 Å². The van der Waals surface area contributed by atoms with Crippen molar-refractivity contribution in [1.29, 1.82) is 0 Å². The Labute approximate surface area is 113 Å². The third-order valence-corrected chi connectivity index (χ3v) is 4.52. The molecule has 1 N–H and O–H groups in total. The molecule has 1 aromatic carbocycles. The number of hydrogen-bond donors (Lipinski definition) is 1. The van der Waals surface area contributed by atoms with E-state index in [2.05, 4.69) is 59.4 Å². The van der Waals surface area contributed by atoms with Crippen LogP contribution >= 0.6 is 15.9 Å². The summed E-state index contributed by atoms with van der Waals surface area (Å²) in [4.78, 5) is 0. The molecule has 1 saturated carbocycles. The standard InChI is InChI=1S/C15H22BrN/c1-11(13-5-3-4-6-13)17-12(2)14-7-9-15(16)10-8-14/h7-13,17H,3-6H2,1-2H3/t11?,12-/m1/s1. The summed E-state index contributed by atoms with van der Waals surface area (Å²) in [5.74, 6) is 0.882. The minimum absolute atomic E-state index is 0.443. The largest absolute Gasteiger partial charge is 0.307 e. The van der Waals surface area contributed by atoms with E-state index in [1.54, 1.807) is 0 Å². The van der Waals surface area contributed by atoms with Gasteiger partial charge in [-0.1, -0.05) is 40.9 Å². The molecule has 0 saturated heterocycles. The average Bonchev–Trinajstić information content (AvgIpc) is 2.83. The summed E-state index contributed by atoms with van der Waals surface area (Å²) in [5, 5.41) is 3.74. The van der Waals surface area contributed by atoms with Gasteiger partial charge in [0.15, 0.2) is 0 Å². The van der Waals surface area contributed by atoms with Gasteiger partial charge in [0, 0.05) is 16.6 Å². The second-order valence-corrected chi connectivity index (χ2v) is 6.19. The van der Waals surface area contributed by atoms with Gasteiger partial charge < -0.3 is 5.32 Å². The van der Waals surface area contributed by atoms with E-state index >= 15 is 0 Å². The summed E-state index contributed by atoms with van der Waals surface area (Å²) in [6.07, 6.45) is 5.65. The molecule has 0 amide bonds. The van der Waals surface area contributed by atoms with Gasteiger partial charge in [0.2, 0.25) is 0 Å². The number of hydrogen-bond acceptors (Lipinski definition) is 1. The number of halogens is 1. The predicted octanol–water partition coefficient (Wildman–Crippen LogP) is 4.68. The van der Waals surface area contributed by atoms with Crippen LogP contribution in [-0.4, -0.2) is 6.04 Å². The minimum Gasteiger partial charge on any atom is -0.307 e. The van der Waals surface area contributed by atoms with Crippen LogP contribution in [0.2, 0.25) is 0 Å². The van der Waals surface area contributed by atoms with Crippen molar-refractivity contribution >= 4 is 15.9 Å². The first-order valence-electron chi connectivity index (χ1n) is 6.68. The van der Waals surface area contributed by atoms with E-state index < -0.39 is 0 Å². The van der Waals surface area contributed by atoms with E-state index in [-0.39, 0.29) is 0 Å². The second kappa shape index (κ2) is 6.01. The number of rotatable bonds is 4. The van der Waals surface area contributed by atoms with Gasteiger partial charge >= 0.3 is 0 Å². The summed E-state index contributed by atoms with van der Waals surface area (Å²) in [7, 11) is 0. The molecule has 2 rings (SSSR count). The molecule has 0 bridgehead atoms. The fraction of sp³-hybridized carbons (Fsp3) is 0.600. The Kier molecular flexibility index (Phi) is 4.63. The fourth-order valence-electron chi connectivity index (χ4n) is 2.84. The maximum atomic E-state index is 3.74. The van der Waals surface area contributed by atoms with Crippen LogP contribution in [-0.2, 0) is 0 Å². The third-order valence-electron chi connectivity index (χ3n) is 3.99. The van der Waals surface area contributed by atoms with Crippen LogP contribution in [0.1, 0.15) is 51.1 Å². The van der Waals surface area contributed by atoms with Crippen LogP contribution in [0.4, 0.5) is 0 Å². The lowest BCUT2D eigenvalue weighted by atomic mass is 9.98. The molecule has 1 aromatic rings. The Balaban J connectivity index is 1.91. The van der Waals surface area contributed by atoms with Crippen molar-refractivity contribution in [3.05, 3.63) is 34.3 Å². The van der Waals surface area contributed by atoms with Gasteiger partial charge in [-0.2, -0.15) is 0 Å². The highest BCUT2D eigenvalue weighted by molar-refractivity contribution is 9.10. The summed E-state index contributed by atoms with van der Waals surface area (Å²) in [6.45, 7) is 4.60. The highest BCUT2D eigenvalue weighted by atomic mass is 79.9. The quantitative estimate of drug-likeness (QED) is 0.850. The molecular weight excluding hydrogens is 274 g/mol. The van der Waals surface area contributed by atoms with E-state index in [4.69, 9.17) is 0 Å². The number of nitrogens with one attached hydrogen (secondary N) is 1. The minimum atomic E-state index is 0.443. The van der Waals surface area contributed by atoms with Gasteiger partial charge in [0.1, 0.15) is 0 Å². The molecule has 0 aliphatic heterocycles. The molecule has 94 valence electrons. The maximum Gasteiger partial charge on any atom is 0.0294 e. The Hall–Kier alpha value is -0.340. The van der Waals surface area contributed by atoms with Crippen LogP contribution in [0.15, 0.2) is 28.7 Å². The van der Waals surface area contributed by atoms with Crippen LogP contribution in [0.5, 0.6) is 0 Å². The Morgan fingerprint density at radius 3 is 2.29 bits per heavy atom. The molecule has 0 radical (unpaired) electrons. The lowest BCUT2D eigenvalue weighted by Gasteiger charge is -2.25. The smallest absolute Gasteiger partial charge is 0.0294 e. The first-order chi connectivity index (χ1) is 8.16. The summed E-state index contributed by atoms with van der Waals surface area (Å²) >= 11 is 3.48. The van der Waals surface area contributed by atoms with Crippen molar-refractivity contribution < 1.29 is 0 Å². The SMILES string of the molecule is CC(N[C@H](C)c1ccc(Br)cc1)C1CCCC1. The highest BCUT2D eigenvalue weighted by Gasteiger charge is 2.22. The maximum absolute atomic E-state index is 3.74. The Morgan fingerprint density at radius 2 is 1.71 bits per heavy atom. The zero-order valence-electron chi connectivity index (χ0n) is 10.7. The second-order valence-electron chi connectivity index (χ2n) is 5.27. The van der Waals surface area contributed by atoms with Crippen molar-refractivity contribution in [3.63, 3.8) is 0 Å². The first-order valence-corrected chi connectivity index (χ1v) is 7.47. The normalized spacial score (nSPS) is 20.4. The van der Waals surface area contributed by atoms with Gasteiger partial charge in [-0.15, -0.1) is 0 Å². The van der Waals surface area contributed by atoms with Crippen LogP contribution in [0, 0.1) is 5.92 Å². The zero-order chi connectivity index (χ0) is 12.3. The predicted molar refractivity (Wildman–Crippen MR) is 77.1 cm³/mol. The first kappa shape index (κ1) is 13.1. The molecule has 0 aromatic heterocycles. The molecule has 0 spiro atoms. The zero-order valence-corrected chi connectivity index (χ0v) is 12.3. The van der Waals surface area contributed by atoms with Gasteiger partial charge in [-0.05, 0) is 50.3 Å². The summed E-state index contributed by atoms with van der Waals surface area (Å²) in [6, 6.07) is 9.71. The Bertz CT molecular complexity index is 340. The van der Waals surface area contributed by atoms with Crippen molar-refractivity contribution in [2.75, 3.05) is 0 Å². The van der Waals surface area contributed by atoms with Gasteiger partial charge in [0.25, 0.3) is 0 Å². The van der Waals surface area contributed by atoms with Gasteiger partial charge in [0.05, 0.1) is 0 Å². The lowest BCUT2D eigenvalue weighted by Crippen LogP contribution is -2.34. The third kappa shape index (κ3) is 3.56. The molecule has 2 atom stereocenters. The monoisotopic (exact) mass is 295 g/mol. The molecule has 0 heterocycles. The highest BCUT2D eigenvalue weighted by Crippen LogP contribution is 2.28. The summed E-state index contributed by atoms with van der Waals surface area (Å²) < 4.78 is 1.15. The molecule has 2 heteroatoms. The Morgan fingerprint density at radius 1 is 1.12 bits per heavy atom. The molecule has 1 unspecified atom stereocenters. The molecule has 1 nitrogen and oxygen atoms in total. The van der Waals surface area contributed by atoms with Crippen molar-refractivity contribution in [1.82, 2.24) is 5.32 Å². The van der Waals surface area contributed by atoms with Crippen LogP contribution < -0.4 is 5.32 Å². The topological polar surface area (TPSA) is 12.0 Å². The van der Waals surface area contributed by atoms with E-state index in [9.17, 15) is 0 Å². The van der Waals surface area contributed by atoms with Gasteiger partial charge in [-0.25, -0.2) is 0 Å². The van der Waals surface area contributed by atoms with E-state index in [1.165, 1.54) is 31.2 Å². The summed E-state index contributed by atoms with van der Waals surface area (Å²) in [5.41, 5.74) is 1.37. The lowest BCUT2D eigenvalue weighted by molar-refractivity contribution is 0.352. The van der Waals surface area contributed by atoms with E-state index in [1.807, 2.05) is 0 Å². The van der Waals surface area contributed by atoms with E-state index in [0.717, 1.165) is 10.4 Å². The fourth-order valence-corrected chi connectivity index (χ4v) is 3.10. The molecular formula is C15H22BrN. The van der Waals surface area contributed by atoms with E-state index in [0.29, 0.717) is 12.1 Å². The number of benzene rings is 1. The molecule has 1 aliphatic rings. The molecule has 1 aliphatic carbocycles. The van der Waals surface area contributed by atoms with Crippen molar-refractivity contribution in [3.8, 4) is 0 Å². The molecule has 17 heavy (non-hydrogen) atoms. The van der Waals surface area contributed by atoms with Crippen LogP contribution in [0.25, 0.3) is 0 Å². The van der Waals surface area contributed by atoms with Crippen molar-refractivity contribution in [2.45, 2.75) is 51.6 Å². The van der Waals surface area contributed by atoms with Crippen molar-refractivity contribution in [2.24, 2.45) is 5.92 Å². The average molecular weight is 296 g/mol. The molecule has 1 fully saturated rings.